The van der Waals surface area contributed by atoms with E-state index in [0.29, 0.717) is 24.8 Å². The Morgan fingerprint density at radius 2 is 2.09 bits per heavy atom. The zero-order valence-electron chi connectivity index (χ0n) is 18.4. The van der Waals surface area contributed by atoms with Crippen molar-refractivity contribution in [2.75, 3.05) is 18.4 Å². The predicted molar refractivity (Wildman–Crippen MR) is 129 cm³/mol. The summed E-state index contributed by atoms with van der Waals surface area (Å²) < 4.78 is 6.45. The molecule has 168 valence electrons. The van der Waals surface area contributed by atoms with Crippen molar-refractivity contribution in [3.8, 4) is 11.4 Å². The summed E-state index contributed by atoms with van der Waals surface area (Å²) in [5.41, 5.74) is 3.09. The summed E-state index contributed by atoms with van der Waals surface area (Å²) in [7, 11) is 0. The molecule has 1 saturated heterocycles. The Balaban J connectivity index is 1.32. The summed E-state index contributed by atoms with van der Waals surface area (Å²) in [6.07, 6.45) is 5.33. The number of nitrogens with zero attached hydrogens (tertiary/aromatic N) is 3. The van der Waals surface area contributed by atoms with Crippen LogP contribution in [0, 0.1) is 5.92 Å². The number of aryl methyl sites for hydroxylation is 1. The Morgan fingerprint density at radius 3 is 2.88 bits per heavy atom. The number of nitrogens with one attached hydrogen (secondary N) is 1. The van der Waals surface area contributed by atoms with E-state index in [0.717, 1.165) is 41.5 Å². The van der Waals surface area contributed by atoms with Crippen LogP contribution in [-0.2, 0) is 17.8 Å². The number of halogens is 1. The fraction of sp³-hybridized carbons (Fsp3) is 0.400. The van der Waals surface area contributed by atoms with Gasteiger partial charge < -0.3 is 9.84 Å². The van der Waals surface area contributed by atoms with Crippen LogP contribution in [0.1, 0.15) is 44.1 Å². The third kappa shape index (κ3) is 6.04. The van der Waals surface area contributed by atoms with Crippen LogP contribution in [-0.4, -0.2) is 34.0 Å². The smallest absolute Gasteiger partial charge is 0.241 e. The van der Waals surface area contributed by atoms with Crippen molar-refractivity contribution in [1.82, 2.24) is 15.0 Å². The third-order valence-electron chi connectivity index (χ3n) is 5.83. The van der Waals surface area contributed by atoms with Crippen molar-refractivity contribution in [2.45, 2.75) is 45.6 Å². The molecular weight excluding hydrogens is 468 g/mol. The molecule has 1 amide bonds. The van der Waals surface area contributed by atoms with Gasteiger partial charge in [-0.1, -0.05) is 58.7 Å². The second-order valence-corrected chi connectivity index (χ2v) is 9.30. The Kier molecular flexibility index (Phi) is 7.71. The molecular formula is C25H29BrN4O2. The van der Waals surface area contributed by atoms with Crippen LogP contribution >= 0.6 is 15.9 Å². The number of likely N-dealkylation sites (tertiary alicyclic amines) is 1. The molecule has 3 aromatic rings. The lowest BCUT2D eigenvalue weighted by atomic mass is 9.97. The van der Waals surface area contributed by atoms with Crippen molar-refractivity contribution in [1.29, 1.82) is 0 Å². The van der Waals surface area contributed by atoms with Gasteiger partial charge in [-0.3, -0.25) is 9.69 Å². The number of amides is 1. The van der Waals surface area contributed by atoms with Crippen LogP contribution in [0.2, 0.25) is 0 Å². The minimum absolute atomic E-state index is 0.0454. The molecule has 2 heterocycles. The first-order valence-corrected chi connectivity index (χ1v) is 12.1. The topological polar surface area (TPSA) is 71.3 Å². The number of carbonyl (C=O) groups is 1. The molecule has 4 rings (SSSR count). The highest BCUT2D eigenvalue weighted by atomic mass is 79.9. The van der Waals surface area contributed by atoms with Gasteiger partial charge in [-0.15, -0.1) is 0 Å². The molecule has 0 spiro atoms. The molecule has 0 aliphatic carbocycles. The molecule has 1 aliphatic heterocycles. The second kappa shape index (κ2) is 10.9. The fourth-order valence-electron chi connectivity index (χ4n) is 4.05. The molecule has 0 radical (unpaired) electrons. The average Bonchev–Trinajstić information content (AvgIpc) is 3.27. The van der Waals surface area contributed by atoms with Gasteiger partial charge in [0.05, 0.1) is 12.5 Å². The number of carbonyl (C=O) groups excluding carboxylic acids is 1. The molecule has 0 saturated carbocycles. The summed E-state index contributed by atoms with van der Waals surface area (Å²) in [6, 6.07) is 16.1. The lowest BCUT2D eigenvalue weighted by Crippen LogP contribution is -2.40. The highest BCUT2D eigenvalue weighted by molar-refractivity contribution is 9.10. The van der Waals surface area contributed by atoms with E-state index in [4.69, 9.17) is 4.52 Å². The normalized spacial score (nSPS) is 16.8. The van der Waals surface area contributed by atoms with Crippen LogP contribution in [0.25, 0.3) is 11.4 Å². The number of piperidine rings is 1. The van der Waals surface area contributed by atoms with E-state index < -0.39 is 0 Å². The molecule has 1 aliphatic rings. The highest BCUT2D eigenvalue weighted by Crippen LogP contribution is 2.23. The van der Waals surface area contributed by atoms with Crippen molar-refractivity contribution < 1.29 is 9.32 Å². The maximum absolute atomic E-state index is 12.8. The number of hydrogen-bond acceptors (Lipinski definition) is 5. The van der Waals surface area contributed by atoms with Gasteiger partial charge in [-0.05, 0) is 62.1 Å². The van der Waals surface area contributed by atoms with Gasteiger partial charge in [-0.25, -0.2) is 0 Å². The summed E-state index contributed by atoms with van der Waals surface area (Å²) in [5, 5.41) is 7.20. The van der Waals surface area contributed by atoms with Crippen molar-refractivity contribution in [3.63, 3.8) is 0 Å². The zero-order valence-corrected chi connectivity index (χ0v) is 20.0. The lowest BCUT2D eigenvalue weighted by molar-refractivity contribution is -0.121. The zero-order chi connectivity index (χ0) is 22.3. The molecule has 0 bridgehead atoms. The Labute approximate surface area is 197 Å². The first-order valence-electron chi connectivity index (χ1n) is 11.3. The van der Waals surface area contributed by atoms with E-state index in [1.165, 1.54) is 18.4 Å². The Morgan fingerprint density at radius 1 is 1.25 bits per heavy atom. The molecule has 1 atom stereocenters. The number of unbranched alkanes of at least 4 members (excludes halogenated alkanes) is 1. The monoisotopic (exact) mass is 496 g/mol. The molecule has 7 heteroatoms. The summed E-state index contributed by atoms with van der Waals surface area (Å²) in [4.78, 5) is 19.6. The first kappa shape index (κ1) is 22.7. The van der Waals surface area contributed by atoms with Crippen LogP contribution in [0.3, 0.4) is 0 Å². The SMILES string of the molecule is CCCCc1ccc(NC(=O)C2CCCN(Cc3nc(-c4cccc(Br)c4)no3)C2)cc1. The van der Waals surface area contributed by atoms with E-state index in [2.05, 4.69) is 55.3 Å². The average molecular weight is 497 g/mol. The second-order valence-electron chi connectivity index (χ2n) is 8.39. The number of hydrogen-bond donors (Lipinski definition) is 1. The van der Waals surface area contributed by atoms with Gasteiger partial charge in [0, 0.05) is 22.3 Å². The number of rotatable bonds is 8. The molecule has 1 fully saturated rings. The Hall–Kier alpha value is -2.51. The minimum atomic E-state index is -0.0454. The van der Waals surface area contributed by atoms with E-state index in [9.17, 15) is 4.79 Å². The van der Waals surface area contributed by atoms with Crippen LogP contribution < -0.4 is 5.32 Å². The summed E-state index contributed by atoms with van der Waals surface area (Å²) >= 11 is 3.47. The van der Waals surface area contributed by atoms with Gasteiger partial charge >= 0.3 is 0 Å². The third-order valence-corrected chi connectivity index (χ3v) is 6.32. The number of aromatic nitrogens is 2. The van der Waals surface area contributed by atoms with E-state index in [1.54, 1.807) is 0 Å². The van der Waals surface area contributed by atoms with Crippen LogP contribution in [0.15, 0.2) is 57.5 Å². The van der Waals surface area contributed by atoms with Crippen LogP contribution in [0.4, 0.5) is 5.69 Å². The van der Waals surface area contributed by atoms with Gasteiger partial charge in [-0.2, -0.15) is 4.98 Å². The van der Waals surface area contributed by atoms with E-state index in [-0.39, 0.29) is 11.8 Å². The van der Waals surface area contributed by atoms with Gasteiger partial charge in [0.25, 0.3) is 0 Å². The molecule has 1 aromatic heterocycles. The minimum Gasteiger partial charge on any atom is -0.338 e. The lowest BCUT2D eigenvalue weighted by Gasteiger charge is -2.30. The highest BCUT2D eigenvalue weighted by Gasteiger charge is 2.27. The van der Waals surface area contributed by atoms with Crippen molar-refractivity contribution >= 4 is 27.5 Å². The maximum atomic E-state index is 12.8. The molecule has 1 unspecified atom stereocenters. The van der Waals surface area contributed by atoms with Gasteiger partial charge in [0.2, 0.25) is 17.6 Å². The largest absolute Gasteiger partial charge is 0.338 e. The maximum Gasteiger partial charge on any atom is 0.241 e. The first-order chi connectivity index (χ1) is 15.6. The van der Waals surface area contributed by atoms with E-state index >= 15 is 0 Å². The van der Waals surface area contributed by atoms with E-state index in [1.807, 2.05) is 36.4 Å². The molecule has 32 heavy (non-hydrogen) atoms. The fourth-order valence-corrected chi connectivity index (χ4v) is 4.45. The molecule has 1 N–H and O–H groups in total. The standard InChI is InChI=1S/C25H29BrN4O2/c1-2-3-6-18-10-12-22(13-11-18)27-25(31)20-8-5-14-30(16-20)17-23-28-24(29-32-23)19-7-4-9-21(26)15-19/h4,7,9-13,15,20H,2-3,5-6,8,14,16-17H2,1H3,(H,27,31). The molecule has 6 nitrogen and oxygen atoms in total. The quantitative estimate of drug-likeness (QED) is 0.433. The predicted octanol–water partition coefficient (Wildman–Crippen LogP) is 5.69. The Bertz CT molecular complexity index is 1030. The van der Waals surface area contributed by atoms with Crippen molar-refractivity contribution in [3.05, 3.63) is 64.5 Å². The number of benzene rings is 2. The van der Waals surface area contributed by atoms with Crippen molar-refractivity contribution in [2.24, 2.45) is 5.92 Å². The number of anilines is 1. The summed E-state index contributed by atoms with van der Waals surface area (Å²) in [5.74, 6) is 1.19. The summed E-state index contributed by atoms with van der Waals surface area (Å²) in [6.45, 7) is 4.36. The molecule has 2 aromatic carbocycles. The van der Waals surface area contributed by atoms with Crippen LogP contribution in [0.5, 0.6) is 0 Å². The van der Waals surface area contributed by atoms with Gasteiger partial charge in [0.1, 0.15) is 0 Å². The van der Waals surface area contributed by atoms with Gasteiger partial charge in [0.15, 0.2) is 0 Å².